The summed E-state index contributed by atoms with van der Waals surface area (Å²) < 4.78 is 2.20. The number of para-hydroxylation sites is 1. The van der Waals surface area contributed by atoms with E-state index in [2.05, 4.69) is 70.7 Å². The minimum Gasteiger partial charge on any atom is -0.291 e. The molecule has 0 bridgehead atoms. The highest BCUT2D eigenvalue weighted by atomic mass is 35.5. The topological polar surface area (TPSA) is 43.6 Å². The number of rotatable bonds is 6. The van der Waals surface area contributed by atoms with Gasteiger partial charge in [-0.3, -0.25) is 14.5 Å². The number of aromatic nitrogens is 4. The molecule has 0 fully saturated rings. The summed E-state index contributed by atoms with van der Waals surface area (Å²) in [6.45, 7) is 6.32. The van der Waals surface area contributed by atoms with Crippen molar-refractivity contribution < 1.29 is 0 Å². The fraction of sp³-hybridized carbons (Fsp3) is 0.0541. The minimum absolute atomic E-state index is 0. The molecule has 0 N–H and O–H groups in total. The number of allylic oxidation sites excluding steroid dienone is 5. The lowest BCUT2D eigenvalue weighted by Gasteiger charge is -2.34. The predicted octanol–water partition coefficient (Wildman–Crippen LogP) is 9.06. The van der Waals surface area contributed by atoms with Crippen molar-refractivity contribution in [3.05, 3.63) is 173 Å². The van der Waals surface area contributed by atoms with Crippen molar-refractivity contribution >= 4 is 38.1 Å². The van der Waals surface area contributed by atoms with E-state index in [0.29, 0.717) is 5.02 Å². The molecule has 1 aliphatic rings. The third kappa shape index (κ3) is 4.38. The summed E-state index contributed by atoms with van der Waals surface area (Å²) in [5, 5.41) is 0.683. The Labute approximate surface area is 259 Å². The third-order valence-corrected chi connectivity index (χ3v) is 8.26. The second-order valence-corrected chi connectivity index (χ2v) is 10.6. The van der Waals surface area contributed by atoms with Gasteiger partial charge in [0.15, 0.2) is 5.82 Å². The lowest BCUT2D eigenvalue weighted by atomic mass is 9.67. The first-order valence-corrected chi connectivity index (χ1v) is 14.3. The van der Waals surface area contributed by atoms with Crippen LogP contribution >= 0.6 is 21.5 Å². The summed E-state index contributed by atoms with van der Waals surface area (Å²) >= 11 is 6.44. The van der Waals surface area contributed by atoms with E-state index in [1.807, 2.05) is 86.2 Å². The maximum Gasteiger partial charge on any atom is 0.164 e. The van der Waals surface area contributed by atoms with Crippen molar-refractivity contribution in [2.24, 2.45) is 0 Å². The zero-order valence-corrected chi connectivity index (χ0v) is 26.0. The molecule has 3 aromatic carbocycles. The highest BCUT2D eigenvalue weighted by molar-refractivity contribution is 6.92. The maximum atomic E-state index is 6.44. The molecule has 0 amide bonds. The highest BCUT2D eigenvalue weighted by Crippen LogP contribution is 2.57. The van der Waals surface area contributed by atoms with E-state index in [1.54, 1.807) is 0 Å². The second-order valence-electron chi connectivity index (χ2n) is 10.2. The van der Waals surface area contributed by atoms with Crippen molar-refractivity contribution in [2.75, 3.05) is 0 Å². The third-order valence-electron chi connectivity index (χ3n) is 8.00. The molecular weight excluding hydrogens is 567 g/mol. The second kappa shape index (κ2) is 11.6. The Morgan fingerprint density at radius 1 is 0.837 bits per heavy atom. The molecule has 3 aromatic heterocycles. The summed E-state index contributed by atoms with van der Waals surface area (Å²) in [7, 11) is 0. The van der Waals surface area contributed by atoms with Gasteiger partial charge in [0.2, 0.25) is 0 Å². The van der Waals surface area contributed by atoms with Crippen LogP contribution in [0.1, 0.15) is 29.2 Å². The number of hydrogen-bond acceptors (Lipinski definition) is 3. The van der Waals surface area contributed by atoms with E-state index in [0.717, 1.165) is 61.6 Å². The van der Waals surface area contributed by atoms with Gasteiger partial charge in [-0.15, -0.1) is 0 Å². The Balaban J connectivity index is 0.00000329. The van der Waals surface area contributed by atoms with Crippen LogP contribution in [0.5, 0.6) is 0 Å². The fourth-order valence-corrected chi connectivity index (χ4v) is 6.51. The standard InChI is InChI=1S/C37H27ClN4.H3P/c1-3-11-31-29(4-2)30-20-21-33-35(41-36(32-15-8-9-23-40-32)42(33)28-13-6-5-7-14-28)34(30)37(31,26-12-10-22-39-24-26)25-16-18-27(38)19-17-25;/h3-24H,2H2,1H3;1H3/b11-3-;. The van der Waals surface area contributed by atoms with Gasteiger partial charge in [-0.05, 0) is 83.3 Å². The van der Waals surface area contributed by atoms with Crippen LogP contribution in [0.3, 0.4) is 0 Å². The highest BCUT2D eigenvalue weighted by Gasteiger charge is 2.48. The van der Waals surface area contributed by atoms with Crippen LogP contribution in [0.15, 0.2) is 146 Å². The summed E-state index contributed by atoms with van der Waals surface area (Å²) in [5.74, 6) is 0.779. The smallest absolute Gasteiger partial charge is 0.164 e. The molecule has 6 aromatic rings. The molecule has 210 valence electrons. The fourth-order valence-electron chi connectivity index (χ4n) is 6.39. The Morgan fingerprint density at radius 2 is 1.63 bits per heavy atom. The molecule has 3 heterocycles. The average molecular weight is 597 g/mol. The van der Waals surface area contributed by atoms with E-state index in [9.17, 15) is 0 Å². The van der Waals surface area contributed by atoms with E-state index in [4.69, 9.17) is 21.6 Å². The first-order chi connectivity index (χ1) is 20.7. The van der Waals surface area contributed by atoms with E-state index < -0.39 is 5.41 Å². The molecule has 0 saturated heterocycles. The molecule has 0 radical (unpaired) electrons. The average Bonchev–Trinajstić information content (AvgIpc) is 3.57. The molecule has 7 rings (SSSR count). The normalized spacial score (nSPS) is 16.0. The molecule has 0 aliphatic heterocycles. The number of fused-ring (bicyclic) bond motifs is 3. The summed E-state index contributed by atoms with van der Waals surface area (Å²) in [6, 6.07) is 32.9. The Morgan fingerprint density at radius 3 is 2.30 bits per heavy atom. The van der Waals surface area contributed by atoms with Crippen molar-refractivity contribution in [2.45, 2.75) is 12.3 Å². The quantitative estimate of drug-likeness (QED) is 0.180. The molecule has 1 aliphatic carbocycles. The van der Waals surface area contributed by atoms with Gasteiger partial charge in [-0.25, -0.2) is 4.98 Å². The first-order valence-electron chi connectivity index (χ1n) is 13.9. The van der Waals surface area contributed by atoms with Crippen molar-refractivity contribution in [1.82, 2.24) is 19.5 Å². The van der Waals surface area contributed by atoms with Crippen LogP contribution in [0.2, 0.25) is 5.02 Å². The molecule has 2 unspecified atom stereocenters. The van der Waals surface area contributed by atoms with Gasteiger partial charge in [0.1, 0.15) is 5.69 Å². The van der Waals surface area contributed by atoms with Gasteiger partial charge >= 0.3 is 0 Å². The van der Waals surface area contributed by atoms with Gasteiger partial charge < -0.3 is 0 Å². The number of benzene rings is 3. The van der Waals surface area contributed by atoms with Crippen molar-refractivity contribution in [3.63, 3.8) is 0 Å². The summed E-state index contributed by atoms with van der Waals surface area (Å²) in [5.41, 5.74) is 9.47. The predicted molar refractivity (Wildman–Crippen MR) is 183 cm³/mol. The summed E-state index contributed by atoms with van der Waals surface area (Å²) in [6.07, 6.45) is 11.8. The molecule has 0 saturated carbocycles. The zero-order chi connectivity index (χ0) is 28.7. The van der Waals surface area contributed by atoms with Crippen LogP contribution in [0, 0.1) is 0 Å². The number of hydrogen-bond donors (Lipinski definition) is 0. The molecule has 2 atom stereocenters. The number of halogens is 1. The van der Waals surface area contributed by atoms with Gasteiger partial charge in [-0.2, -0.15) is 9.90 Å². The van der Waals surface area contributed by atoms with Crippen LogP contribution in [0.25, 0.3) is 33.8 Å². The van der Waals surface area contributed by atoms with E-state index in [1.165, 1.54) is 0 Å². The van der Waals surface area contributed by atoms with Gasteiger partial charge in [0, 0.05) is 34.9 Å². The molecular formula is C37H30ClN4P. The van der Waals surface area contributed by atoms with Gasteiger partial charge in [-0.1, -0.05) is 84.9 Å². The summed E-state index contributed by atoms with van der Waals surface area (Å²) in [4.78, 5) is 14.7. The molecule has 0 spiro atoms. The van der Waals surface area contributed by atoms with Gasteiger partial charge in [0.05, 0.1) is 16.4 Å². The van der Waals surface area contributed by atoms with Gasteiger partial charge in [0.25, 0.3) is 0 Å². The van der Waals surface area contributed by atoms with Crippen LogP contribution in [-0.4, -0.2) is 19.5 Å². The SMILES string of the molecule is C=CC1=C(/C=C\C)C(c2ccc(Cl)cc2)(c2cccnc2)c2c1ccc1c2nc(-c2ccccn2)n1-c1ccccc1.P. The number of imidazole rings is 1. The van der Waals surface area contributed by atoms with Crippen molar-refractivity contribution in [3.8, 4) is 17.2 Å². The first kappa shape index (κ1) is 28.5. The van der Waals surface area contributed by atoms with E-state index >= 15 is 0 Å². The Bertz CT molecular complexity index is 2000. The van der Waals surface area contributed by atoms with E-state index in [-0.39, 0.29) is 9.90 Å². The maximum absolute atomic E-state index is 6.44. The van der Waals surface area contributed by atoms with Crippen LogP contribution in [0.4, 0.5) is 0 Å². The zero-order valence-electron chi connectivity index (χ0n) is 23.8. The van der Waals surface area contributed by atoms with Crippen molar-refractivity contribution in [1.29, 1.82) is 0 Å². The molecule has 4 nitrogen and oxygen atoms in total. The lowest BCUT2D eigenvalue weighted by Crippen LogP contribution is -2.30. The number of nitrogens with zero attached hydrogens (tertiary/aromatic N) is 4. The monoisotopic (exact) mass is 596 g/mol. The number of pyridine rings is 2. The lowest BCUT2D eigenvalue weighted by molar-refractivity contribution is 0.761. The minimum atomic E-state index is -0.721. The molecule has 43 heavy (non-hydrogen) atoms. The van der Waals surface area contributed by atoms with Crippen LogP contribution in [-0.2, 0) is 5.41 Å². The molecule has 6 heteroatoms. The Kier molecular flexibility index (Phi) is 7.66. The van der Waals surface area contributed by atoms with Crippen LogP contribution < -0.4 is 0 Å². The largest absolute Gasteiger partial charge is 0.291 e. The Hall–Kier alpha value is -4.63.